The number of aromatic nitrogens is 2. The van der Waals surface area contributed by atoms with Crippen molar-refractivity contribution in [3.8, 4) is 5.69 Å². The summed E-state index contributed by atoms with van der Waals surface area (Å²) in [4.78, 5) is 12.5. The molecule has 2 aliphatic carbocycles. The number of benzene rings is 1. The van der Waals surface area contributed by atoms with Gasteiger partial charge in [0, 0.05) is 0 Å². The van der Waals surface area contributed by atoms with Gasteiger partial charge in [0.15, 0.2) is 0 Å². The van der Waals surface area contributed by atoms with Gasteiger partial charge in [-0.1, -0.05) is 5.57 Å². The molecule has 2 atom stereocenters. The summed E-state index contributed by atoms with van der Waals surface area (Å²) < 4.78 is 20.0. The third kappa shape index (κ3) is 2.48. The molecular weight excluding hydrogens is 323 g/mol. The maximum Gasteiger partial charge on any atom is 0.316 e. The fraction of sp³-hybridized carbons (Fsp3) is 0.368. The van der Waals surface area contributed by atoms with Crippen LogP contribution < -0.4 is 0 Å². The largest absolute Gasteiger partial charge is 0.468 e. The zero-order valence-corrected chi connectivity index (χ0v) is 13.9. The number of halogens is 1. The second-order valence-electron chi connectivity index (χ2n) is 6.76. The van der Waals surface area contributed by atoms with Crippen molar-refractivity contribution in [2.45, 2.75) is 31.8 Å². The number of hydrogen-bond donors (Lipinski definition) is 1. The molecule has 0 amide bonds. The first-order chi connectivity index (χ1) is 12.0. The predicted molar refractivity (Wildman–Crippen MR) is 89.5 cm³/mol. The molecule has 0 aliphatic heterocycles. The van der Waals surface area contributed by atoms with E-state index in [1.165, 1.54) is 19.2 Å². The molecule has 4 rings (SSSR count). The van der Waals surface area contributed by atoms with Gasteiger partial charge in [0.25, 0.3) is 0 Å². The average Bonchev–Trinajstić information content (AvgIpc) is 3.02. The molecule has 1 aromatic heterocycles. The fourth-order valence-corrected chi connectivity index (χ4v) is 4.03. The lowest BCUT2D eigenvalue weighted by atomic mass is 9.63. The number of rotatable bonds is 2. The van der Waals surface area contributed by atoms with E-state index in [1.54, 1.807) is 23.0 Å². The van der Waals surface area contributed by atoms with Crippen LogP contribution in [0, 0.1) is 11.2 Å². The molecule has 1 aromatic carbocycles. The standard InChI is InChI=1S/C19H19FN2O3/c1-25-18(24)19-9-12-11-21-22(15-5-3-14(20)4-6-15)17(12)8-13(19)2-7-16(23)10-19/h3-6,8,11,16,23H,2,7,9-10H2,1H3/t16-,19+/m1/s1. The highest BCUT2D eigenvalue weighted by Gasteiger charge is 2.49. The van der Waals surface area contributed by atoms with Gasteiger partial charge in [-0.05, 0) is 61.6 Å². The van der Waals surface area contributed by atoms with Gasteiger partial charge in [-0.2, -0.15) is 5.10 Å². The van der Waals surface area contributed by atoms with E-state index in [2.05, 4.69) is 5.10 Å². The summed E-state index contributed by atoms with van der Waals surface area (Å²) in [6.45, 7) is 0. The van der Waals surface area contributed by atoms with E-state index in [0.717, 1.165) is 22.5 Å². The van der Waals surface area contributed by atoms with E-state index in [1.807, 2.05) is 6.08 Å². The molecule has 1 heterocycles. The monoisotopic (exact) mass is 342 g/mol. The van der Waals surface area contributed by atoms with E-state index < -0.39 is 11.5 Å². The van der Waals surface area contributed by atoms with Gasteiger partial charge in [-0.25, -0.2) is 9.07 Å². The Morgan fingerprint density at radius 2 is 2.16 bits per heavy atom. The van der Waals surface area contributed by atoms with Gasteiger partial charge < -0.3 is 9.84 Å². The Hall–Kier alpha value is -2.47. The van der Waals surface area contributed by atoms with Crippen LogP contribution in [-0.4, -0.2) is 34.1 Å². The van der Waals surface area contributed by atoms with Crippen molar-refractivity contribution < 1.29 is 19.0 Å². The van der Waals surface area contributed by atoms with E-state index >= 15 is 0 Å². The Morgan fingerprint density at radius 3 is 2.88 bits per heavy atom. The van der Waals surface area contributed by atoms with Gasteiger partial charge in [0.05, 0.1) is 36.2 Å². The Labute approximate surface area is 144 Å². The molecule has 130 valence electrons. The van der Waals surface area contributed by atoms with Crippen molar-refractivity contribution in [1.82, 2.24) is 9.78 Å². The number of fused-ring (bicyclic) bond motifs is 2. The highest BCUT2D eigenvalue weighted by molar-refractivity contribution is 5.85. The smallest absolute Gasteiger partial charge is 0.316 e. The van der Waals surface area contributed by atoms with Crippen molar-refractivity contribution in [3.63, 3.8) is 0 Å². The topological polar surface area (TPSA) is 64.3 Å². The zero-order valence-electron chi connectivity index (χ0n) is 13.9. The van der Waals surface area contributed by atoms with E-state index in [4.69, 9.17) is 4.74 Å². The van der Waals surface area contributed by atoms with Crippen molar-refractivity contribution in [3.05, 3.63) is 53.1 Å². The van der Waals surface area contributed by atoms with Crippen molar-refractivity contribution in [2.24, 2.45) is 5.41 Å². The minimum atomic E-state index is -0.809. The van der Waals surface area contributed by atoms with Gasteiger partial charge in [-0.15, -0.1) is 0 Å². The molecule has 0 saturated heterocycles. The molecular formula is C19H19FN2O3. The summed E-state index contributed by atoms with van der Waals surface area (Å²) in [5, 5.41) is 14.5. The second-order valence-corrected chi connectivity index (χ2v) is 6.76. The zero-order chi connectivity index (χ0) is 17.6. The number of carbonyl (C=O) groups excluding carboxylic acids is 1. The molecule has 0 unspecified atom stereocenters. The van der Waals surface area contributed by atoms with E-state index in [9.17, 15) is 14.3 Å². The van der Waals surface area contributed by atoms with Gasteiger partial charge in [0.1, 0.15) is 5.82 Å². The van der Waals surface area contributed by atoms with Crippen LogP contribution in [0.4, 0.5) is 4.39 Å². The predicted octanol–water partition coefficient (Wildman–Crippen LogP) is 2.66. The number of methoxy groups -OCH3 is 1. The van der Waals surface area contributed by atoms with Gasteiger partial charge in [0.2, 0.25) is 0 Å². The Morgan fingerprint density at radius 1 is 1.40 bits per heavy atom. The molecule has 6 heteroatoms. The summed E-state index contributed by atoms with van der Waals surface area (Å²) in [6, 6.07) is 6.14. The van der Waals surface area contributed by atoms with Gasteiger partial charge >= 0.3 is 5.97 Å². The fourth-order valence-electron chi connectivity index (χ4n) is 4.03. The van der Waals surface area contributed by atoms with Crippen molar-refractivity contribution >= 4 is 12.0 Å². The molecule has 25 heavy (non-hydrogen) atoms. The Kier molecular flexibility index (Phi) is 3.72. The van der Waals surface area contributed by atoms with Crippen LogP contribution in [0.2, 0.25) is 0 Å². The summed E-state index contributed by atoms with van der Waals surface area (Å²) >= 11 is 0. The number of aliphatic hydroxyl groups excluding tert-OH is 1. The van der Waals surface area contributed by atoms with Crippen LogP contribution in [0.3, 0.4) is 0 Å². The van der Waals surface area contributed by atoms with Crippen molar-refractivity contribution in [2.75, 3.05) is 7.11 Å². The molecule has 2 aromatic rings. The highest BCUT2D eigenvalue weighted by atomic mass is 19.1. The summed E-state index contributed by atoms with van der Waals surface area (Å²) in [5.74, 6) is -0.605. The quantitative estimate of drug-likeness (QED) is 0.852. The number of aliphatic hydroxyl groups is 1. The van der Waals surface area contributed by atoms with Crippen LogP contribution in [0.25, 0.3) is 11.8 Å². The lowest BCUT2D eigenvalue weighted by molar-refractivity contribution is -0.153. The minimum Gasteiger partial charge on any atom is -0.468 e. The third-order valence-corrected chi connectivity index (χ3v) is 5.28. The molecule has 2 aliphatic rings. The van der Waals surface area contributed by atoms with Crippen LogP contribution in [0.15, 0.2) is 36.0 Å². The van der Waals surface area contributed by atoms with Crippen LogP contribution in [-0.2, 0) is 16.0 Å². The summed E-state index contributed by atoms with van der Waals surface area (Å²) in [5.41, 5.74) is 2.75. The molecule has 5 nitrogen and oxygen atoms in total. The molecule has 1 saturated carbocycles. The van der Waals surface area contributed by atoms with E-state index in [-0.39, 0.29) is 11.8 Å². The van der Waals surface area contributed by atoms with Crippen molar-refractivity contribution in [1.29, 1.82) is 0 Å². The minimum absolute atomic E-state index is 0.297. The summed E-state index contributed by atoms with van der Waals surface area (Å²) in [6.07, 6.45) is 5.31. The summed E-state index contributed by atoms with van der Waals surface area (Å²) in [7, 11) is 1.38. The maximum absolute atomic E-state index is 13.2. The first kappa shape index (κ1) is 16.0. The number of carbonyl (C=O) groups is 1. The van der Waals surface area contributed by atoms with Crippen LogP contribution >= 0.6 is 0 Å². The molecule has 0 bridgehead atoms. The lowest BCUT2D eigenvalue weighted by Gasteiger charge is -2.41. The first-order valence-corrected chi connectivity index (χ1v) is 8.34. The van der Waals surface area contributed by atoms with Gasteiger partial charge in [-0.3, -0.25) is 4.79 Å². The van der Waals surface area contributed by atoms with Crippen LogP contribution in [0.1, 0.15) is 30.5 Å². The SMILES string of the molecule is COC(=O)[C@]12Cc3cnn(-c4ccc(F)cc4)c3C=C1CC[C@@H](O)C2. The highest BCUT2D eigenvalue weighted by Crippen LogP contribution is 2.48. The molecule has 0 spiro atoms. The second kappa shape index (κ2) is 5.81. The molecule has 0 radical (unpaired) electrons. The Bertz CT molecular complexity index is 856. The number of ether oxygens (including phenoxy) is 1. The third-order valence-electron chi connectivity index (χ3n) is 5.28. The number of hydrogen-bond acceptors (Lipinski definition) is 4. The number of nitrogens with zero attached hydrogens (tertiary/aromatic N) is 2. The Balaban J connectivity index is 1.81. The van der Waals surface area contributed by atoms with E-state index in [0.29, 0.717) is 25.7 Å². The molecule has 1 N–H and O–H groups in total. The average molecular weight is 342 g/mol. The lowest BCUT2D eigenvalue weighted by Crippen LogP contribution is -2.44. The first-order valence-electron chi connectivity index (χ1n) is 8.34. The van der Waals surface area contributed by atoms with Crippen LogP contribution in [0.5, 0.6) is 0 Å². The molecule has 1 fully saturated rings. The maximum atomic E-state index is 13.2. The number of esters is 1. The normalized spacial score (nSPS) is 24.9.